The summed E-state index contributed by atoms with van der Waals surface area (Å²) < 4.78 is 10.3. The van der Waals surface area contributed by atoms with Gasteiger partial charge in [0.1, 0.15) is 6.04 Å². The molecule has 0 heterocycles. The van der Waals surface area contributed by atoms with Crippen molar-refractivity contribution in [2.24, 2.45) is 5.92 Å². The summed E-state index contributed by atoms with van der Waals surface area (Å²) in [7, 11) is 0. The van der Waals surface area contributed by atoms with E-state index in [0.29, 0.717) is 17.9 Å². The van der Waals surface area contributed by atoms with Crippen LogP contribution in [0.25, 0.3) is 0 Å². The molecule has 1 aromatic carbocycles. The summed E-state index contributed by atoms with van der Waals surface area (Å²) in [4.78, 5) is 47.8. The molecule has 1 unspecified atom stereocenters. The number of hydrogen-bond donors (Lipinski definition) is 2. The maximum Gasteiger partial charge on any atom is 0.338 e. The predicted molar refractivity (Wildman–Crippen MR) is 111 cm³/mol. The standard InChI is InChI=1S/C22H30N2O6/c1-3-4-13-29-21(27)17-9-11-18(12-10-17)24-19(26)14-30-22(28)20(23-15(2)25)16-7-5-6-8-16/h9-12,16,20H,3-8,13-14H2,1-2H3,(H,23,25)(H,24,26). The zero-order valence-corrected chi connectivity index (χ0v) is 17.6. The number of benzene rings is 1. The monoisotopic (exact) mass is 418 g/mol. The van der Waals surface area contributed by atoms with Gasteiger partial charge in [0.05, 0.1) is 12.2 Å². The molecule has 1 saturated carbocycles. The highest BCUT2D eigenvalue weighted by Crippen LogP contribution is 2.28. The minimum Gasteiger partial charge on any atom is -0.462 e. The van der Waals surface area contributed by atoms with Crippen molar-refractivity contribution >= 4 is 29.4 Å². The SMILES string of the molecule is CCCCOC(=O)c1ccc(NC(=O)COC(=O)C(NC(C)=O)C2CCCC2)cc1. The van der Waals surface area contributed by atoms with E-state index in [2.05, 4.69) is 10.6 Å². The Morgan fingerprint density at radius 1 is 1.07 bits per heavy atom. The topological polar surface area (TPSA) is 111 Å². The molecule has 2 N–H and O–H groups in total. The Labute approximate surface area is 176 Å². The van der Waals surface area contributed by atoms with Crippen molar-refractivity contribution in [2.45, 2.75) is 58.4 Å². The number of amides is 2. The van der Waals surface area contributed by atoms with Crippen LogP contribution in [0.4, 0.5) is 5.69 Å². The minimum absolute atomic E-state index is 0.0362. The van der Waals surface area contributed by atoms with Crippen molar-refractivity contribution in [1.29, 1.82) is 0 Å². The number of anilines is 1. The number of carbonyl (C=O) groups excluding carboxylic acids is 4. The van der Waals surface area contributed by atoms with Gasteiger partial charge in [-0.05, 0) is 49.4 Å². The summed E-state index contributed by atoms with van der Waals surface area (Å²) in [5.74, 6) is -1.78. The van der Waals surface area contributed by atoms with E-state index in [0.717, 1.165) is 38.5 Å². The summed E-state index contributed by atoms with van der Waals surface area (Å²) in [5.41, 5.74) is 0.862. The van der Waals surface area contributed by atoms with E-state index in [1.54, 1.807) is 24.3 Å². The number of ether oxygens (including phenoxy) is 2. The summed E-state index contributed by atoms with van der Waals surface area (Å²) in [6.07, 6.45) is 5.46. The van der Waals surface area contributed by atoms with Crippen LogP contribution in [-0.4, -0.2) is 43.0 Å². The van der Waals surface area contributed by atoms with Gasteiger partial charge in [-0.25, -0.2) is 9.59 Å². The molecule has 0 aliphatic heterocycles. The number of esters is 2. The first-order valence-corrected chi connectivity index (χ1v) is 10.4. The lowest BCUT2D eigenvalue weighted by Gasteiger charge is -2.22. The van der Waals surface area contributed by atoms with Gasteiger partial charge in [0.2, 0.25) is 5.91 Å². The van der Waals surface area contributed by atoms with E-state index >= 15 is 0 Å². The second-order valence-electron chi connectivity index (χ2n) is 7.45. The normalized spacial score (nSPS) is 14.6. The first kappa shape index (κ1) is 23.4. The van der Waals surface area contributed by atoms with Crippen LogP contribution in [-0.2, 0) is 23.9 Å². The number of carbonyl (C=O) groups is 4. The fourth-order valence-electron chi connectivity index (χ4n) is 3.38. The first-order valence-electron chi connectivity index (χ1n) is 10.4. The second-order valence-corrected chi connectivity index (χ2v) is 7.45. The molecule has 164 valence electrons. The third kappa shape index (κ3) is 7.50. The lowest BCUT2D eigenvalue weighted by Crippen LogP contribution is -2.46. The van der Waals surface area contributed by atoms with Gasteiger partial charge in [0.25, 0.3) is 5.91 Å². The fourth-order valence-corrected chi connectivity index (χ4v) is 3.38. The van der Waals surface area contributed by atoms with Gasteiger partial charge >= 0.3 is 11.9 Å². The Morgan fingerprint density at radius 2 is 1.73 bits per heavy atom. The van der Waals surface area contributed by atoms with E-state index in [1.165, 1.54) is 6.92 Å². The maximum absolute atomic E-state index is 12.4. The number of unbranched alkanes of at least 4 members (excludes halogenated alkanes) is 1. The van der Waals surface area contributed by atoms with Crippen LogP contribution in [0, 0.1) is 5.92 Å². The molecule has 0 aromatic heterocycles. The Morgan fingerprint density at radius 3 is 2.33 bits per heavy atom. The molecule has 2 rings (SSSR count). The average Bonchev–Trinajstić information content (AvgIpc) is 3.25. The molecule has 0 saturated heterocycles. The van der Waals surface area contributed by atoms with Crippen LogP contribution in [0.1, 0.15) is 62.7 Å². The van der Waals surface area contributed by atoms with Gasteiger partial charge in [0, 0.05) is 12.6 Å². The molecule has 1 fully saturated rings. The van der Waals surface area contributed by atoms with E-state index in [4.69, 9.17) is 9.47 Å². The molecular weight excluding hydrogens is 388 g/mol. The van der Waals surface area contributed by atoms with Crippen molar-refractivity contribution < 1.29 is 28.7 Å². The molecule has 30 heavy (non-hydrogen) atoms. The highest BCUT2D eigenvalue weighted by molar-refractivity contribution is 5.94. The Kier molecular flexibility index (Phi) is 9.31. The third-order valence-electron chi connectivity index (χ3n) is 4.96. The molecule has 0 radical (unpaired) electrons. The molecule has 1 aliphatic rings. The van der Waals surface area contributed by atoms with Crippen LogP contribution >= 0.6 is 0 Å². The van der Waals surface area contributed by atoms with Crippen LogP contribution < -0.4 is 10.6 Å². The van der Waals surface area contributed by atoms with E-state index < -0.39 is 30.5 Å². The summed E-state index contributed by atoms with van der Waals surface area (Å²) in [6.45, 7) is 3.28. The summed E-state index contributed by atoms with van der Waals surface area (Å²) in [6, 6.07) is 5.55. The van der Waals surface area contributed by atoms with Crippen LogP contribution in [0.5, 0.6) is 0 Å². The predicted octanol–water partition coefficient (Wildman–Crippen LogP) is 2.82. The van der Waals surface area contributed by atoms with Crippen molar-refractivity contribution in [2.75, 3.05) is 18.5 Å². The van der Waals surface area contributed by atoms with Crippen molar-refractivity contribution in [3.8, 4) is 0 Å². The molecule has 8 nitrogen and oxygen atoms in total. The number of hydrogen-bond acceptors (Lipinski definition) is 6. The van der Waals surface area contributed by atoms with Gasteiger partial charge in [0.15, 0.2) is 6.61 Å². The zero-order chi connectivity index (χ0) is 21.9. The largest absolute Gasteiger partial charge is 0.462 e. The maximum atomic E-state index is 12.4. The van der Waals surface area contributed by atoms with E-state index in [9.17, 15) is 19.2 Å². The van der Waals surface area contributed by atoms with Crippen molar-refractivity contribution in [3.63, 3.8) is 0 Å². The highest BCUT2D eigenvalue weighted by Gasteiger charge is 2.32. The Bertz CT molecular complexity index is 740. The summed E-state index contributed by atoms with van der Waals surface area (Å²) in [5, 5.41) is 5.25. The average molecular weight is 418 g/mol. The number of rotatable bonds is 10. The smallest absolute Gasteiger partial charge is 0.338 e. The molecule has 1 aliphatic carbocycles. The Hall–Kier alpha value is -2.90. The highest BCUT2D eigenvalue weighted by atomic mass is 16.5. The second kappa shape index (κ2) is 11.9. The first-order chi connectivity index (χ1) is 14.4. The Balaban J connectivity index is 1.82. The van der Waals surface area contributed by atoms with Crippen molar-refractivity contribution in [1.82, 2.24) is 5.32 Å². The van der Waals surface area contributed by atoms with Crippen LogP contribution in [0.15, 0.2) is 24.3 Å². The van der Waals surface area contributed by atoms with Gasteiger partial charge in [-0.1, -0.05) is 26.2 Å². The van der Waals surface area contributed by atoms with Gasteiger partial charge in [-0.3, -0.25) is 9.59 Å². The van der Waals surface area contributed by atoms with Gasteiger partial charge in [-0.15, -0.1) is 0 Å². The lowest BCUT2D eigenvalue weighted by atomic mass is 9.98. The molecule has 1 atom stereocenters. The van der Waals surface area contributed by atoms with Crippen molar-refractivity contribution in [3.05, 3.63) is 29.8 Å². The van der Waals surface area contributed by atoms with Gasteiger partial charge in [-0.2, -0.15) is 0 Å². The van der Waals surface area contributed by atoms with Crippen LogP contribution in [0.2, 0.25) is 0 Å². The lowest BCUT2D eigenvalue weighted by molar-refractivity contribution is -0.152. The minimum atomic E-state index is -0.726. The van der Waals surface area contributed by atoms with Crippen LogP contribution in [0.3, 0.4) is 0 Å². The number of nitrogens with one attached hydrogen (secondary N) is 2. The zero-order valence-electron chi connectivity index (χ0n) is 17.6. The molecule has 2 amide bonds. The quantitative estimate of drug-likeness (QED) is 0.446. The molecule has 0 spiro atoms. The van der Waals surface area contributed by atoms with E-state index in [1.807, 2.05) is 6.92 Å². The van der Waals surface area contributed by atoms with E-state index in [-0.39, 0.29) is 11.8 Å². The molecular formula is C22H30N2O6. The third-order valence-corrected chi connectivity index (χ3v) is 4.96. The molecule has 8 heteroatoms. The van der Waals surface area contributed by atoms with Gasteiger partial charge < -0.3 is 20.1 Å². The molecule has 1 aromatic rings. The molecule has 0 bridgehead atoms. The fraction of sp³-hybridized carbons (Fsp3) is 0.545. The summed E-state index contributed by atoms with van der Waals surface area (Å²) >= 11 is 0.